The molecule has 6 heteroatoms. The first-order valence-electron chi connectivity index (χ1n) is 13.8. The van der Waals surface area contributed by atoms with E-state index in [1.165, 1.54) is 81.0 Å². The number of hydrogen-bond donors (Lipinski definition) is 0. The van der Waals surface area contributed by atoms with Crippen molar-refractivity contribution in [3.63, 3.8) is 0 Å². The molecular formula is C32H42N2O3S. The molecule has 2 aromatic carbocycles. The molecule has 3 rings (SSSR count). The smallest absolute Gasteiger partial charge is 0.283 e. The van der Waals surface area contributed by atoms with Crippen molar-refractivity contribution in [3.05, 3.63) is 95.3 Å². The van der Waals surface area contributed by atoms with Gasteiger partial charge in [-0.2, -0.15) is 9.83 Å². The zero-order valence-electron chi connectivity index (χ0n) is 22.9. The Morgan fingerprint density at radius 3 is 1.87 bits per heavy atom. The van der Waals surface area contributed by atoms with Gasteiger partial charge in [-0.15, -0.1) is 0 Å². The SMILES string of the molecule is CCCCCCCCCCCCc1ccc(S(=O)(=O)[O-])cc1.Cc1ccc(C[n+]2ccccc2C#N)cc1. The van der Waals surface area contributed by atoms with E-state index in [2.05, 4.69) is 44.2 Å². The summed E-state index contributed by atoms with van der Waals surface area (Å²) in [7, 11) is -4.31. The molecule has 0 radical (unpaired) electrons. The topological polar surface area (TPSA) is 84.9 Å². The maximum absolute atomic E-state index is 10.8. The van der Waals surface area contributed by atoms with E-state index in [0.29, 0.717) is 5.69 Å². The second-order valence-electron chi connectivity index (χ2n) is 9.84. The molecule has 38 heavy (non-hydrogen) atoms. The Labute approximate surface area is 229 Å². The summed E-state index contributed by atoms with van der Waals surface area (Å²) in [4.78, 5) is -0.140. The third kappa shape index (κ3) is 12.5. The highest BCUT2D eigenvalue weighted by Crippen LogP contribution is 2.14. The van der Waals surface area contributed by atoms with Gasteiger partial charge in [0.25, 0.3) is 5.69 Å². The van der Waals surface area contributed by atoms with Crippen molar-refractivity contribution < 1.29 is 17.5 Å². The van der Waals surface area contributed by atoms with E-state index in [1.54, 1.807) is 12.1 Å². The van der Waals surface area contributed by atoms with Gasteiger partial charge in [-0.3, -0.25) is 0 Å². The van der Waals surface area contributed by atoms with Crippen LogP contribution in [-0.4, -0.2) is 13.0 Å². The number of hydrogen-bond acceptors (Lipinski definition) is 4. The highest BCUT2D eigenvalue weighted by atomic mass is 32.2. The third-order valence-corrected chi connectivity index (χ3v) is 7.41. The summed E-state index contributed by atoms with van der Waals surface area (Å²) in [6.07, 6.45) is 16.0. The lowest BCUT2D eigenvalue weighted by Gasteiger charge is -2.08. The molecule has 0 N–H and O–H groups in total. The zero-order chi connectivity index (χ0) is 27.6. The van der Waals surface area contributed by atoms with Crippen LogP contribution in [0.25, 0.3) is 0 Å². The van der Waals surface area contributed by atoms with Crippen LogP contribution in [0, 0.1) is 18.3 Å². The van der Waals surface area contributed by atoms with E-state index in [0.717, 1.165) is 24.9 Å². The number of aromatic nitrogens is 1. The van der Waals surface area contributed by atoms with E-state index in [9.17, 15) is 13.0 Å². The number of nitriles is 1. The van der Waals surface area contributed by atoms with Crippen LogP contribution >= 0.6 is 0 Å². The molecule has 1 aromatic heterocycles. The maximum atomic E-state index is 10.8. The first-order valence-corrected chi connectivity index (χ1v) is 15.2. The van der Waals surface area contributed by atoms with Crippen molar-refractivity contribution in [3.8, 4) is 6.07 Å². The van der Waals surface area contributed by atoms with Crippen molar-refractivity contribution in [1.82, 2.24) is 0 Å². The summed E-state index contributed by atoms with van der Waals surface area (Å²) in [6.45, 7) is 5.05. The van der Waals surface area contributed by atoms with Gasteiger partial charge in [0.2, 0.25) is 0 Å². The van der Waals surface area contributed by atoms with Crippen LogP contribution in [0.15, 0.2) is 77.8 Å². The number of pyridine rings is 1. The maximum Gasteiger partial charge on any atom is 0.283 e. The summed E-state index contributed by atoms with van der Waals surface area (Å²) < 4.78 is 34.4. The number of unbranched alkanes of at least 4 members (excludes halogenated alkanes) is 9. The Morgan fingerprint density at radius 1 is 0.763 bits per heavy atom. The molecule has 0 aliphatic carbocycles. The van der Waals surface area contributed by atoms with Gasteiger partial charge in [0.15, 0.2) is 18.8 Å². The first kappa shape index (κ1) is 31.2. The van der Waals surface area contributed by atoms with Crippen molar-refractivity contribution in [1.29, 1.82) is 5.26 Å². The molecule has 0 saturated heterocycles. The van der Waals surface area contributed by atoms with Crippen LogP contribution in [0.3, 0.4) is 0 Å². The van der Waals surface area contributed by atoms with E-state index in [-0.39, 0.29) is 4.90 Å². The molecule has 0 saturated carbocycles. The van der Waals surface area contributed by atoms with Gasteiger partial charge in [-0.25, -0.2) is 8.42 Å². The molecule has 0 atom stereocenters. The second-order valence-corrected chi connectivity index (χ2v) is 11.2. The van der Waals surface area contributed by atoms with Crippen molar-refractivity contribution >= 4 is 10.1 Å². The Hall–Kier alpha value is -3.01. The molecule has 0 aliphatic heterocycles. The first-order chi connectivity index (χ1) is 18.3. The lowest BCUT2D eigenvalue weighted by atomic mass is 10.0. The van der Waals surface area contributed by atoms with Crippen LogP contribution in [0.5, 0.6) is 0 Å². The molecule has 0 bridgehead atoms. The fourth-order valence-electron chi connectivity index (χ4n) is 4.25. The van der Waals surface area contributed by atoms with Crippen LogP contribution < -0.4 is 4.57 Å². The fourth-order valence-corrected chi connectivity index (χ4v) is 4.71. The van der Waals surface area contributed by atoms with E-state index < -0.39 is 10.1 Å². The van der Waals surface area contributed by atoms with Crippen molar-refractivity contribution in [2.45, 2.75) is 95.9 Å². The van der Waals surface area contributed by atoms with Crippen LogP contribution in [0.4, 0.5) is 0 Å². The summed E-state index contributed by atoms with van der Waals surface area (Å²) in [5.74, 6) is 0. The summed E-state index contributed by atoms with van der Waals surface area (Å²) in [6, 6.07) is 22.5. The minimum absolute atomic E-state index is 0.140. The summed E-state index contributed by atoms with van der Waals surface area (Å²) >= 11 is 0. The van der Waals surface area contributed by atoms with Crippen LogP contribution in [0.1, 0.15) is 93.5 Å². The Balaban J connectivity index is 0.000000279. The van der Waals surface area contributed by atoms with Gasteiger partial charge >= 0.3 is 0 Å². The molecule has 0 amide bonds. The quantitative estimate of drug-likeness (QED) is 0.124. The number of aryl methyl sites for hydroxylation is 2. The fraction of sp³-hybridized carbons (Fsp3) is 0.438. The Bertz CT molecular complexity index is 1210. The van der Waals surface area contributed by atoms with Crippen LogP contribution in [0.2, 0.25) is 0 Å². The van der Waals surface area contributed by atoms with Crippen molar-refractivity contribution in [2.75, 3.05) is 0 Å². The lowest BCUT2D eigenvalue weighted by Crippen LogP contribution is -2.37. The van der Waals surface area contributed by atoms with Gasteiger partial charge < -0.3 is 4.55 Å². The summed E-state index contributed by atoms with van der Waals surface area (Å²) in [5.41, 5.74) is 4.25. The molecule has 204 valence electrons. The minimum atomic E-state index is -4.31. The average Bonchev–Trinajstić information content (AvgIpc) is 2.91. The number of benzene rings is 2. The van der Waals surface area contributed by atoms with Gasteiger partial charge in [0.05, 0.1) is 4.90 Å². The highest BCUT2D eigenvalue weighted by Gasteiger charge is 2.08. The molecule has 0 fully saturated rings. The largest absolute Gasteiger partial charge is 0.744 e. The lowest BCUT2D eigenvalue weighted by molar-refractivity contribution is -0.690. The Morgan fingerprint density at radius 2 is 1.32 bits per heavy atom. The predicted octanol–water partition coefficient (Wildman–Crippen LogP) is 7.26. The van der Waals surface area contributed by atoms with Gasteiger partial charge in [0.1, 0.15) is 10.1 Å². The van der Waals surface area contributed by atoms with Gasteiger partial charge in [-0.1, -0.05) is 107 Å². The molecule has 0 unspecified atom stereocenters. The number of rotatable bonds is 14. The third-order valence-electron chi connectivity index (χ3n) is 6.56. The molecule has 1 heterocycles. The molecule has 5 nitrogen and oxygen atoms in total. The van der Waals surface area contributed by atoms with Crippen LogP contribution in [-0.2, 0) is 23.1 Å². The highest BCUT2D eigenvalue weighted by molar-refractivity contribution is 7.85. The zero-order valence-corrected chi connectivity index (χ0v) is 23.8. The monoisotopic (exact) mass is 534 g/mol. The molecule has 0 aliphatic rings. The van der Waals surface area contributed by atoms with E-state index >= 15 is 0 Å². The molecule has 3 aromatic rings. The van der Waals surface area contributed by atoms with Crippen molar-refractivity contribution in [2.24, 2.45) is 0 Å². The number of nitrogens with zero attached hydrogens (tertiary/aromatic N) is 2. The second kappa shape index (κ2) is 17.5. The van der Waals surface area contributed by atoms with E-state index in [4.69, 9.17) is 5.26 Å². The molecular weight excluding hydrogens is 492 g/mol. The normalized spacial score (nSPS) is 10.9. The van der Waals surface area contributed by atoms with Gasteiger partial charge in [0, 0.05) is 17.7 Å². The summed E-state index contributed by atoms with van der Waals surface area (Å²) in [5, 5.41) is 8.97. The minimum Gasteiger partial charge on any atom is -0.744 e. The molecule has 0 spiro atoms. The standard InChI is InChI=1S/C18H30O3S.C14H13N2/c1-2-3-4-5-6-7-8-9-10-11-12-17-13-15-18(16-14-17)22(19,20)21;1-12-5-7-13(8-6-12)11-16-9-3-2-4-14(16)10-15/h13-16H,2-12H2,1H3,(H,19,20,21);2-9H,11H2,1H3/q;+1/p-1. The van der Waals surface area contributed by atoms with E-state index in [1.807, 2.05) is 29.0 Å². The average molecular weight is 535 g/mol. The van der Waals surface area contributed by atoms with Gasteiger partial charge in [-0.05, 0) is 43.5 Å². The predicted molar refractivity (Wildman–Crippen MR) is 152 cm³/mol. The Kier molecular flexibility index (Phi) is 14.4.